The first-order chi connectivity index (χ1) is 14.3. The molecule has 0 aromatic heterocycles. The van der Waals surface area contributed by atoms with E-state index in [0.29, 0.717) is 22.7 Å². The van der Waals surface area contributed by atoms with Gasteiger partial charge in [0, 0.05) is 29.3 Å². The molecule has 30 heavy (non-hydrogen) atoms. The van der Waals surface area contributed by atoms with Gasteiger partial charge in [-0.25, -0.2) is 0 Å². The van der Waals surface area contributed by atoms with Gasteiger partial charge >= 0.3 is 5.97 Å². The van der Waals surface area contributed by atoms with Gasteiger partial charge in [0.15, 0.2) is 0 Å². The molecule has 0 fully saturated rings. The van der Waals surface area contributed by atoms with Crippen LogP contribution in [0.2, 0.25) is 0 Å². The lowest BCUT2D eigenvalue weighted by molar-refractivity contribution is -0.135. The average Bonchev–Trinajstić information content (AvgIpc) is 2.75. The fourth-order valence-electron chi connectivity index (χ4n) is 2.70. The van der Waals surface area contributed by atoms with Crippen LogP contribution in [0.4, 0.5) is 5.69 Å². The Morgan fingerprint density at radius 1 is 1.03 bits per heavy atom. The van der Waals surface area contributed by atoms with Crippen molar-refractivity contribution in [1.82, 2.24) is 5.32 Å². The number of carbonyl (C=O) groups is 3. The van der Waals surface area contributed by atoms with E-state index in [9.17, 15) is 19.5 Å². The minimum absolute atomic E-state index is 0.0667. The molecule has 9 nitrogen and oxygen atoms in total. The minimum atomic E-state index is -1.14. The molecule has 2 aromatic rings. The Kier molecular flexibility index (Phi) is 8.18. The van der Waals surface area contributed by atoms with E-state index in [-0.39, 0.29) is 24.3 Å². The number of aliphatic hydroxyl groups is 1. The molecule has 9 heteroatoms. The number of methoxy groups -OCH3 is 2. The summed E-state index contributed by atoms with van der Waals surface area (Å²) in [6.07, 6.45) is -0.640. The summed E-state index contributed by atoms with van der Waals surface area (Å²) in [5.74, 6) is -0.891. The van der Waals surface area contributed by atoms with Crippen molar-refractivity contribution < 1.29 is 34.1 Å². The number of rotatable bonds is 10. The van der Waals surface area contributed by atoms with Crippen molar-refractivity contribution in [2.45, 2.75) is 18.9 Å². The van der Waals surface area contributed by atoms with Crippen LogP contribution in [0.3, 0.4) is 0 Å². The Bertz CT molecular complexity index is 897. The summed E-state index contributed by atoms with van der Waals surface area (Å²) in [7, 11) is 3.02. The standard InChI is InChI=1S/C21H24N2O7/c1-29-15-7-8-16(18(11-15)30-2)17(24)9-10-19(25)23-14-5-3-13(4-6-14)21(28)22-12-20(26)27/h3-8,11,17,24H,9-10,12H2,1-2H3,(H,22,28)(H,23,25)(H,26,27). The van der Waals surface area contributed by atoms with Crippen molar-refractivity contribution in [3.63, 3.8) is 0 Å². The molecule has 0 radical (unpaired) electrons. The van der Waals surface area contributed by atoms with Gasteiger partial charge in [0.1, 0.15) is 18.0 Å². The van der Waals surface area contributed by atoms with Crippen LogP contribution in [0.5, 0.6) is 11.5 Å². The van der Waals surface area contributed by atoms with Crippen LogP contribution >= 0.6 is 0 Å². The molecule has 2 aromatic carbocycles. The molecule has 4 N–H and O–H groups in total. The molecule has 0 bridgehead atoms. The smallest absolute Gasteiger partial charge is 0.322 e. The van der Waals surface area contributed by atoms with Crippen LogP contribution in [-0.4, -0.2) is 48.8 Å². The quantitative estimate of drug-likeness (QED) is 0.465. The summed E-state index contributed by atoms with van der Waals surface area (Å²) in [4.78, 5) is 34.4. The molecule has 2 amide bonds. The van der Waals surface area contributed by atoms with Crippen molar-refractivity contribution in [2.24, 2.45) is 0 Å². The van der Waals surface area contributed by atoms with E-state index in [1.54, 1.807) is 18.2 Å². The van der Waals surface area contributed by atoms with E-state index in [0.717, 1.165) is 0 Å². The lowest BCUT2D eigenvalue weighted by atomic mass is 10.0. The van der Waals surface area contributed by atoms with Gasteiger partial charge in [0.25, 0.3) is 5.91 Å². The number of nitrogens with one attached hydrogen (secondary N) is 2. The van der Waals surface area contributed by atoms with E-state index in [1.165, 1.54) is 38.5 Å². The van der Waals surface area contributed by atoms with Crippen molar-refractivity contribution in [1.29, 1.82) is 0 Å². The maximum atomic E-state index is 12.2. The zero-order chi connectivity index (χ0) is 22.1. The van der Waals surface area contributed by atoms with Crippen LogP contribution in [0.1, 0.15) is 34.9 Å². The van der Waals surface area contributed by atoms with Gasteiger partial charge in [0.05, 0.1) is 20.3 Å². The highest BCUT2D eigenvalue weighted by Crippen LogP contribution is 2.31. The first kappa shape index (κ1) is 22.7. The summed E-state index contributed by atoms with van der Waals surface area (Å²) in [6.45, 7) is -0.474. The van der Waals surface area contributed by atoms with Crippen LogP contribution in [-0.2, 0) is 9.59 Å². The Balaban J connectivity index is 1.88. The Hall–Kier alpha value is -3.59. The third-order valence-electron chi connectivity index (χ3n) is 4.28. The van der Waals surface area contributed by atoms with Gasteiger partial charge in [-0.1, -0.05) is 0 Å². The van der Waals surface area contributed by atoms with E-state index < -0.39 is 24.5 Å². The molecule has 2 rings (SSSR count). The number of anilines is 1. The fourth-order valence-corrected chi connectivity index (χ4v) is 2.70. The topological polar surface area (TPSA) is 134 Å². The third kappa shape index (κ3) is 6.49. The molecule has 1 atom stereocenters. The molecule has 0 spiro atoms. The summed E-state index contributed by atoms with van der Waals surface area (Å²) in [6, 6.07) is 11.1. The highest BCUT2D eigenvalue weighted by atomic mass is 16.5. The number of hydrogen-bond donors (Lipinski definition) is 4. The molecule has 0 aliphatic rings. The van der Waals surface area contributed by atoms with Crippen LogP contribution in [0.25, 0.3) is 0 Å². The number of carboxylic acids is 1. The molecule has 0 aliphatic heterocycles. The third-order valence-corrected chi connectivity index (χ3v) is 4.28. The summed E-state index contributed by atoms with van der Waals surface area (Å²) < 4.78 is 10.4. The van der Waals surface area contributed by atoms with Gasteiger partial charge < -0.3 is 30.3 Å². The lowest BCUT2D eigenvalue weighted by Gasteiger charge is -2.15. The second-order valence-corrected chi connectivity index (χ2v) is 6.36. The highest BCUT2D eigenvalue weighted by Gasteiger charge is 2.16. The Morgan fingerprint density at radius 3 is 2.33 bits per heavy atom. The van der Waals surface area contributed by atoms with Gasteiger partial charge in [0.2, 0.25) is 5.91 Å². The first-order valence-electron chi connectivity index (χ1n) is 9.14. The number of amides is 2. The number of benzene rings is 2. The highest BCUT2D eigenvalue weighted by molar-refractivity contribution is 5.97. The predicted molar refractivity (Wildman–Crippen MR) is 109 cm³/mol. The molecule has 160 valence electrons. The Morgan fingerprint density at radius 2 is 1.73 bits per heavy atom. The maximum absolute atomic E-state index is 12.2. The molecular formula is C21H24N2O7. The second kappa shape index (κ2) is 10.8. The monoisotopic (exact) mass is 416 g/mol. The molecular weight excluding hydrogens is 392 g/mol. The molecule has 0 saturated heterocycles. The van der Waals surface area contributed by atoms with E-state index in [4.69, 9.17) is 14.6 Å². The summed E-state index contributed by atoms with van der Waals surface area (Å²) >= 11 is 0. The van der Waals surface area contributed by atoms with Gasteiger partial charge in [-0.15, -0.1) is 0 Å². The van der Waals surface area contributed by atoms with E-state index >= 15 is 0 Å². The molecule has 1 unspecified atom stereocenters. The zero-order valence-corrected chi connectivity index (χ0v) is 16.7. The molecule has 0 saturated carbocycles. The SMILES string of the molecule is COc1ccc(C(O)CCC(=O)Nc2ccc(C(=O)NCC(=O)O)cc2)c(OC)c1. The number of carbonyl (C=O) groups excluding carboxylic acids is 2. The summed E-state index contributed by atoms with van der Waals surface area (Å²) in [5.41, 5.74) is 1.31. The number of aliphatic hydroxyl groups excluding tert-OH is 1. The molecule has 0 aliphatic carbocycles. The number of aliphatic carboxylic acids is 1. The number of hydrogen-bond acceptors (Lipinski definition) is 6. The van der Waals surface area contributed by atoms with Crippen LogP contribution in [0, 0.1) is 0 Å². The average molecular weight is 416 g/mol. The van der Waals surface area contributed by atoms with E-state index in [1.807, 2.05) is 0 Å². The lowest BCUT2D eigenvalue weighted by Crippen LogP contribution is -2.29. The Labute approximate surface area is 173 Å². The minimum Gasteiger partial charge on any atom is -0.497 e. The van der Waals surface area contributed by atoms with Crippen LogP contribution in [0.15, 0.2) is 42.5 Å². The summed E-state index contributed by atoms with van der Waals surface area (Å²) in [5, 5.41) is 23.9. The van der Waals surface area contributed by atoms with Gasteiger partial charge in [-0.2, -0.15) is 0 Å². The van der Waals surface area contributed by atoms with Crippen molar-refractivity contribution in [3.8, 4) is 11.5 Å². The first-order valence-corrected chi connectivity index (χ1v) is 9.14. The van der Waals surface area contributed by atoms with Crippen LogP contribution < -0.4 is 20.1 Å². The van der Waals surface area contributed by atoms with Gasteiger partial charge in [-0.3, -0.25) is 14.4 Å². The normalized spacial score (nSPS) is 11.3. The fraction of sp³-hybridized carbons (Fsp3) is 0.286. The largest absolute Gasteiger partial charge is 0.497 e. The zero-order valence-electron chi connectivity index (χ0n) is 16.7. The molecule has 0 heterocycles. The predicted octanol–water partition coefficient (Wildman–Crippen LogP) is 1.97. The second-order valence-electron chi connectivity index (χ2n) is 6.36. The van der Waals surface area contributed by atoms with Gasteiger partial charge in [-0.05, 0) is 42.8 Å². The number of ether oxygens (including phenoxy) is 2. The van der Waals surface area contributed by atoms with E-state index in [2.05, 4.69) is 10.6 Å². The maximum Gasteiger partial charge on any atom is 0.322 e. The van der Waals surface area contributed by atoms with Crippen molar-refractivity contribution in [3.05, 3.63) is 53.6 Å². The van der Waals surface area contributed by atoms with Crippen molar-refractivity contribution >= 4 is 23.5 Å². The van der Waals surface area contributed by atoms with Crippen molar-refractivity contribution in [2.75, 3.05) is 26.1 Å². The number of carboxylic acid groups (broad SMARTS) is 1.